The van der Waals surface area contributed by atoms with Gasteiger partial charge in [-0.05, 0) is 44.6 Å². The van der Waals surface area contributed by atoms with E-state index in [1.165, 1.54) is 6.42 Å². The Bertz CT molecular complexity index is 326. The Kier molecular flexibility index (Phi) is 5.64. The van der Waals surface area contributed by atoms with Crippen LogP contribution in [0, 0.1) is 6.92 Å². The van der Waals surface area contributed by atoms with Gasteiger partial charge in [-0.1, -0.05) is 24.6 Å². The Hall–Kier alpha value is -0.730. The maximum absolute atomic E-state index is 6.05. The number of benzene rings is 1. The highest BCUT2D eigenvalue weighted by atomic mass is 35.5. The van der Waals surface area contributed by atoms with Crippen molar-refractivity contribution in [1.29, 1.82) is 0 Å². The summed E-state index contributed by atoms with van der Waals surface area (Å²) in [6.07, 6.45) is 1.20. The molecule has 1 rings (SSSR count). The summed E-state index contributed by atoms with van der Waals surface area (Å²) in [5.74, 6) is 0. The number of likely N-dealkylation sites (N-methyl/N-ethyl adjacent to an activating group) is 1. The molecule has 3 heteroatoms. The first kappa shape index (κ1) is 13.3. The number of halogens is 1. The molecule has 0 aromatic heterocycles. The van der Waals surface area contributed by atoms with Gasteiger partial charge in [0.1, 0.15) is 0 Å². The second-order valence-corrected chi connectivity index (χ2v) is 4.60. The fourth-order valence-electron chi connectivity index (χ4n) is 1.59. The molecular formula is C13H21ClN2. The average Bonchev–Trinajstić information content (AvgIpc) is 2.24. The highest BCUT2D eigenvalue weighted by Gasteiger charge is 1.98. The van der Waals surface area contributed by atoms with Crippen LogP contribution < -0.4 is 5.32 Å². The molecule has 0 aliphatic rings. The number of rotatable bonds is 6. The van der Waals surface area contributed by atoms with Crippen molar-refractivity contribution in [1.82, 2.24) is 4.90 Å². The Labute approximate surface area is 104 Å². The van der Waals surface area contributed by atoms with Gasteiger partial charge in [0.15, 0.2) is 0 Å². The van der Waals surface area contributed by atoms with Crippen LogP contribution in [0.5, 0.6) is 0 Å². The highest BCUT2D eigenvalue weighted by Crippen LogP contribution is 2.19. The summed E-state index contributed by atoms with van der Waals surface area (Å²) in [5.41, 5.74) is 2.22. The quantitative estimate of drug-likeness (QED) is 0.820. The van der Waals surface area contributed by atoms with Gasteiger partial charge in [-0.3, -0.25) is 0 Å². The lowest BCUT2D eigenvalue weighted by Crippen LogP contribution is -2.25. The topological polar surface area (TPSA) is 15.3 Å². The van der Waals surface area contributed by atoms with Crippen molar-refractivity contribution in [3.63, 3.8) is 0 Å². The summed E-state index contributed by atoms with van der Waals surface area (Å²) >= 11 is 6.05. The molecule has 0 bridgehead atoms. The standard InChI is InChI=1S/C13H21ClN2/c1-4-8-16(3)9-7-15-12-6-5-11(2)13(14)10-12/h5-6,10,15H,4,7-9H2,1-3H3. The third-order valence-electron chi connectivity index (χ3n) is 2.60. The third-order valence-corrected chi connectivity index (χ3v) is 3.01. The minimum atomic E-state index is 0.826. The summed E-state index contributed by atoms with van der Waals surface area (Å²) in [7, 11) is 2.15. The van der Waals surface area contributed by atoms with E-state index in [0.29, 0.717) is 0 Å². The number of hydrogen-bond acceptors (Lipinski definition) is 2. The number of hydrogen-bond donors (Lipinski definition) is 1. The Morgan fingerprint density at radius 2 is 2.06 bits per heavy atom. The first-order chi connectivity index (χ1) is 7.63. The zero-order valence-electron chi connectivity index (χ0n) is 10.4. The van der Waals surface area contributed by atoms with Gasteiger partial charge in [-0.2, -0.15) is 0 Å². The Balaban J connectivity index is 2.34. The van der Waals surface area contributed by atoms with Gasteiger partial charge >= 0.3 is 0 Å². The number of aryl methyl sites for hydroxylation is 1. The molecule has 0 aliphatic heterocycles. The first-order valence-electron chi connectivity index (χ1n) is 5.82. The van der Waals surface area contributed by atoms with E-state index in [9.17, 15) is 0 Å². The van der Waals surface area contributed by atoms with E-state index in [2.05, 4.69) is 30.3 Å². The maximum atomic E-state index is 6.05. The summed E-state index contributed by atoms with van der Waals surface area (Å²) in [6.45, 7) is 7.37. The Morgan fingerprint density at radius 1 is 1.31 bits per heavy atom. The van der Waals surface area contributed by atoms with Gasteiger partial charge in [-0.15, -0.1) is 0 Å². The lowest BCUT2D eigenvalue weighted by molar-refractivity contribution is 0.348. The van der Waals surface area contributed by atoms with Crippen molar-refractivity contribution in [3.8, 4) is 0 Å². The van der Waals surface area contributed by atoms with E-state index in [1.807, 2.05) is 19.1 Å². The van der Waals surface area contributed by atoms with E-state index in [1.54, 1.807) is 0 Å². The van der Waals surface area contributed by atoms with Crippen LogP contribution in [0.25, 0.3) is 0 Å². The van der Waals surface area contributed by atoms with Crippen molar-refractivity contribution in [2.45, 2.75) is 20.3 Å². The first-order valence-corrected chi connectivity index (χ1v) is 6.20. The SMILES string of the molecule is CCCN(C)CCNc1ccc(C)c(Cl)c1. The number of anilines is 1. The lowest BCUT2D eigenvalue weighted by atomic mass is 10.2. The molecule has 0 spiro atoms. The normalized spacial score (nSPS) is 10.8. The molecule has 2 nitrogen and oxygen atoms in total. The van der Waals surface area contributed by atoms with Crippen LogP contribution in [0.15, 0.2) is 18.2 Å². The lowest BCUT2D eigenvalue weighted by Gasteiger charge is -2.16. The fraction of sp³-hybridized carbons (Fsp3) is 0.538. The molecule has 0 atom stereocenters. The molecule has 1 aromatic rings. The van der Waals surface area contributed by atoms with Crippen molar-refractivity contribution >= 4 is 17.3 Å². The molecule has 0 aliphatic carbocycles. The van der Waals surface area contributed by atoms with Gasteiger partial charge in [-0.25, -0.2) is 0 Å². The largest absolute Gasteiger partial charge is 0.384 e. The van der Waals surface area contributed by atoms with E-state index in [-0.39, 0.29) is 0 Å². The third kappa shape index (κ3) is 4.42. The minimum absolute atomic E-state index is 0.826. The minimum Gasteiger partial charge on any atom is -0.384 e. The van der Waals surface area contributed by atoms with Crippen molar-refractivity contribution < 1.29 is 0 Å². The Morgan fingerprint density at radius 3 is 2.69 bits per heavy atom. The van der Waals surface area contributed by atoms with Crippen molar-refractivity contribution in [3.05, 3.63) is 28.8 Å². The fourth-order valence-corrected chi connectivity index (χ4v) is 1.77. The van der Waals surface area contributed by atoms with Crippen LogP contribution in [0.1, 0.15) is 18.9 Å². The molecule has 0 heterocycles. The smallest absolute Gasteiger partial charge is 0.0455 e. The zero-order valence-corrected chi connectivity index (χ0v) is 11.1. The second kappa shape index (κ2) is 6.77. The van der Waals surface area contributed by atoms with E-state index in [4.69, 9.17) is 11.6 Å². The summed E-state index contributed by atoms with van der Waals surface area (Å²) in [6, 6.07) is 6.10. The van der Waals surface area contributed by atoms with Crippen molar-refractivity contribution in [2.75, 3.05) is 32.0 Å². The predicted octanol–water partition coefficient (Wildman–Crippen LogP) is 3.40. The summed E-state index contributed by atoms with van der Waals surface area (Å²) < 4.78 is 0. The number of nitrogens with one attached hydrogen (secondary N) is 1. The van der Waals surface area contributed by atoms with Crippen LogP contribution in [-0.4, -0.2) is 31.6 Å². The molecule has 1 aromatic carbocycles. The highest BCUT2D eigenvalue weighted by molar-refractivity contribution is 6.31. The van der Waals surface area contributed by atoms with Crippen LogP contribution in [0.2, 0.25) is 5.02 Å². The maximum Gasteiger partial charge on any atom is 0.0455 e. The van der Waals surface area contributed by atoms with E-state index < -0.39 is 0 Å². The van der Waals surface area contributed by atoms with Gasteiger partial charge in [0.2, 0.25) is 0 Å². The predicted molar refractivity (Wildman–Crippen MR) is 72.5 cm³/mol. The second-order valence-electron chi connectivity index (χ2n) is 4.19. The molecular weight excluding hydrogens is 220 g/mol. The van der Waals surface area contributed by atoms with Gasteiger partial charge in [0, 0.05) is 23.8 Å². The molecule has 0 saturated heterocycles. The molecule has 0 fully saturated rings. The van der Waals surface area contributed by atoms with E-state index in [0.717, 1.165) is 35.9 Å². The van der Waals surface area contributed by atoms with Crippen LogP contribution in [0.3, 0.4) is 0 Å². The van der Waals surface area contributed by atoms with Crippen LogP contribution in [0.4, 0.5) is 5.69 Å². The van der Waals surface area contributed by atoms with Gasteiger partial charge in [0.25, 0.3) is 0 Å². The molecule has 90 valence electrons. The molecule has 1 N–H and O–H groups in total. The molecule has 0 amide bonds. The zero-order chi connectivity index (χ0) is 12.0. The molecule has 16 heavy (non-hydrogen) atoms. The number of nitrogens with zero attached hydrogens (tertiary/aromatic N) is 1. The summed E-state index contributed by atoms with van der Waals surface area (Å²) in [4.78, 5) is 2.32. The molecule has 0 radical (unpaired) electrons. The van der Waals surface area contributed by atoms with Crippen LogP contribution >= 0.6 is 11.6 Å². The molecule has 0 saturated carbocycles. The van der Waals surface area contributed by atoms with Gasteiger partial charge in [0.05, 0.1) is 0 Å². The summed E-state index contributed by atoms with van der Waals surface area (Å²) in [5, 5.41) is 4.20. The average molecular weight is 241 g/mol. The van der Waals surface area contributed by atoms with E-state index >= 15 is 0 Å². The monoisotopic (exact) mass is 240 g/mol. The van der Waals surface area contributed by atoms with Crippen LogP contribution in [-0.2, 0) is 0 Å². The van der Waals surface area contributed by atoms with Gasteiger partial charge < -0.3 is 10.2 Å². The molecule has 0 unspecified atom stereocenters. The van der Waals surface area contributed by atoms with Crippen molar-refractivity contribution in [2.24, 2.45) is 0 Å².